The van der Waals surface area contributed by atoms with E-state index in [1.807, 2.05) is 0 Å². The van der Waals surface area contributed by atoms with E-state index in [1.165, 1.54) is 0 Å². The average molecular weight is 226 g/mol. The largest absolute Gasteiger partial charge is 0.389 e. The number of alkyl halides is 3. The number of nitrogens with two attached hydrogens (primary N) is 1. The number of aromatic nitrogens is 3. The summed E-state index contributed by atoms with van der Waals surface area (Å²) in [6.07, 6.45) is -4.80. The molecule has 1 heterocycles. The number of thioether (sulfide) groups is 1. The third-order valence-electron chi connectivity index (χ3n) is 1.32. The molecule has 4 nitrogen and oxygen atoms in total. The van der Waals surface area contributed by atoms with E-state index in [-0.39, 0.29) is 12.4 Å². The number of hydrogen-bond donors (Lipinski definition) is 2. The summed E-state index contributed by atoms with van der Waals surface area (Å²) in [7, 11) is 0. The number of anilines is 1. The summed E-state index contributed by atoms with van der Waals surface area (Å²) in [6.45, 7) is 0. The van der Waals surface area contributed by atoms with Crippen molar-refractivity contribution in [2.24, 2.45) is 0 Å². The van der Waals surface area contributed by atoms with Crippen molar-refractivity contribution in [3.63, 3.8) is 0 Å². The van der Waals surface area contributed by atoms with Gasteiger partial charge >= 0.3 is 6.18 Å². The van der Waals surface area contributed by atoms with Gasteiger partial charge < -0.3 is 5.73 Å². The van der Waals surface area contributed by atoms with Gasteiger partial charge in [-0.05, 0) is 6.42 Å². The van der Waals surface area contributed by atoms with Crippen LogP contribution in [0.3, 0.4) is 0 Å². The molecule has 8 heteroatoms. The van der Waals surface area contributed by atoms with Crippen LogP contribution in [0.2, 0.25) is 0 Å². The summed E-state index contributed by atoms with van der Waals surface area (Å²) in [5.74, 6) is 0.500. The van der Waals surface area contributed by atoms with Gasteiger partial charge in [-0.3, -0.25) is 0 Å². The van der Waals surface area contributed by atoms with Crippen molar-refractivity contribution in [3.8, 4) is 0 Å². The summed E-state index contributed by atoms with van der Waals surface area (Å²) in [5.41, 5.74) is 5.23. The molecule has 1 aromatic rings. The average Bonchev–Trinajstić information content (AvgIpc) is 2.44. The second-order valence-corrected chi connectivity index (χ2v) is 3.63. The molecule has 0 aliphatic rings. The lowest BCUT2D eigenvalue weighted by Gasteiger charge is -2.03. The summed E-state index contributed by atoms with van der Waals surface area (Å²) >= 11 is 1.15. The minimum absolute atomic E-state index is 0.0581. The van der Waals surface area contributed by atoms with Gasteiger partial charge in [0.25, 0.3) is 0 Å². The Labute approximate surface area is 82.5 Å². The molecule has 0 atom stereocenters. The predicted molar refractivity (Wildman–Crippen MR) is 46.8 cm³/mol. The standard InChI is InChI=1S/C6H9F3N4S/c7-6(8,9)2-1-3-14-5-11-4(10)12-13-5/h1-3H2,(H3,10,11,12,13). The summed E-state index contributed by atoms with van der Waals surface area (Å²) in [5, 5.41) is 6.45. The Hall–Kier alpha value is -0.920. The van der Waals surface area contributed by atoms with Gasteiger partial charge in [0.1, 0.15) is 0 Å². The SMILES string of the molecule is Nc1nc(SCCCC(F)(F)F)n[nH]1. The van der Waals surface area contributed by atoms with E-state index < -0.39 is 12.6 Å². The Kier molecular flexibility index (Phi) is 3.62. The highest BCUT2D eigenvalue weighted by Gasteiger charge is 2.25. The van der Waals surface area contributed by atoms with Crippen LogP contribution in [0.5, 0.6) is 0 Å². The molecule has 0 amide bonds. The Morgan fingerprint density at radius 1 is 1.43 bits per heavy atom. The molecule has 0 saturated heterocycles. The highest BCUT2D eigenvalue weighted by atomic mass is 32.2. The lowest BCUT2D eigenvalue weighted by Crippen LogP contribution is -2.06. The van der Waals surface area contributed by atoms with E-state index >= 15 is 0 Å². The molecule has 80 valence electrons. The third-order valence-corrected chi connectivity index (χ3v) is 2.25. The van der Waals surface area contributed by atoms with Gasteiger partial charge in [0, 0.05) is 12.2 Å². The van der Waals surface area contributed by atoms with Gasteiger partial charge in [0.2, 0.25) is 11.1 Å². The first-order valence-corrected chi connectivity index (χ1v) is 4.83. The summed E-state index contributed by atoms with van der Waals surface area (Å²) in [4.78, 5) is 3.74. The predicted octanol–water partition coefficient (Wildman–Crippen LogP) is 1.82. The van der Waals surface area contributed by atoms with Crippen LogP contribution < -0.4 is 5.73 Å². The fourth-order valence-electron chi connectivity index (χ4n) is 0.759. The van der Waals surface area contributed by atoms with Crippen LogP contribution in [-0.2, 0) is 0 Å². The molecule has 0 radical (unpaired) electrons. The minimum Gasteiger partial charge on any atom is -0.368 e. The van der Waals surface area contributed by atoms with Gasteiger partial charge in [-0.15, -0.1) is 5.10 Å². The van der Waals surface area contributed by atoms with Crippen molar-refractivity contribution in [3.05, 3.63) is 0 Å². The molecule has 1 aromatic heterocycles. The van der Waals surface area contributed by atoms with E-state index in [1.54, 1.807) is 0 Å². The van der Waals surface area contributed by atoms with Crippen LogP contribution in [0, 0.1) is 0 Å². The van der Waals surface area contributed by atoms with Crippen LogP contribution >= 0.6 is 11.8 Å². The van der Waals surface area contributed by atoms with E-state index in [0.29, 0.717) is 10.9 Å². The Bertz CT molecular complexity index is 285. The first-order chi connectivity index (χ1) is 6.47. The Morgan fingerprint density at radius 2 is 2.14 bits per heavy atom. The van der Waals surface area contributed by atoms with Crippen molar-refractivity contribution >= 4 is 17.7 Å². The maximum absolute atomic E-state index is 11.7. The highest BCUT2D eigenvalue weighted by Crippen LogP contribution is 2.23. The molecule has 0 aromatic carbocycles. The molecule has 0 unspecified atom stereocenters. The van der Waals surface area contributed by atoms with Crippen LogP contribution in [0.1, 0.15) is 12.8 Å². The van der Waals surface area contributed by atoms with Crippen molar-refractivity contribution in [1.29, 1.82) is 0 Å². The fourth-order valence-corrected chi connectivity index (χ4v) is 1.50. The smallest absolute Gasteiger partial charge is 0.368 e. The van der Waals surface area contributed by atoms with E-state index in [9.17, 15) is 13.2 Å². The van der Waals surface area contributed by atoms with Gasteiger partial charge in [0.05, 0.1) is 0 Å². The first kappa shape index (κ1) is 11.2. The number of hydrogen-bond acceptors (Lipinski definition) is 4. The van der Waals surface area contributed by atoms with Crippen molar-refractivity contribution in [2.75, 3.05) is 11.5 Å². The maximum atomic E-state index is 11.7. The fraction of sp³-hybridized carbons (Fsp3) is 0.667. The summed E-state index contributed by atoms with van der Waals surface area (Å²) in [6, 6.07) is 0. The van der Waals surface area contributed by atoms with Crippen LogP contribution in [0.4, 0.5) is 19.1 Å². The zero-order chi connectivity index (χ0) is 10.6. The zero-order valence-electron chi connectivity index (χ0n) is 7.14. The quantitative estimate of drug-likeness (QED) is 0.607. The Morgan fingerprint density at radius 3 is 2.64 bits per heavy atom. The van der Waals surface area contributed by atoms with E-state index in [4.69, 9.17) is 5.73 Å². The van der Waals surface area contributed by atoms with E-state index in [0.717, 1.165) is 11.8 Å². The van der Waals surface area contributed by atoms with Gasteiger partial charge in [0.15, 0.2) is 0 Å². The lowest BCUT2D eigenvalue weighted by molar-refractivity contribution is -0.134. The monoisotopic (exact) mass is 226 g/mol. The van der Waals surface area contributed by atoms with Crippen molar-refractivity contribution in [1.82, 2.24) is 15.2 Å². The number of aromatic amines is 1. The normalized spacial score (nSPS) is 11.9. The van der Waals surface area contributed by atoms with Crippen LogP contribution in [0.25, 0.3) is 0 Å². The van der Waals surface area contributed by atoms with Crippen LogP contribution in [0.15, 0.2) is 5.16 Å². The number of nitrogens with one attached hydrogen (secondary N) is 1. The molecular weight excluding hydrogens is 217 g/mol. The molecular formula is C6H9F3N4S. The van der Waals surface area contributed by atoms with Gasteiger partial charge in [-0.2, -0.15) is 18.2 Å². The molecule has 0 fully saturated rings. The topological polar surface area (TPSA) is 67.6 Å². The van der Waals surface area contributed by atoms with E-state index in [2.05, 4.69) is 15.2 Å². The van der Waals surface area contributed by atoms with Gasteiger partial charge in [-0.25, -0.2) is 5.10 Å². The molecule has 0 saturated carbocycles. The second-order valence-electron chi connectivity index (χ2n) is 2.57. The molecule has 1 rings (SSSR count). The lowest BCUT2D eigenvalue weighted by atomic mass is 10.3. The highest BCUT2D eigenvalue weighted by molar-refractivity contribution is 7.99. The first-order valence-electron chi connectivity index (χ1n) is 3.85. The minimum atomic E-state index is -4.08. The third kappa shape index (κ3) is 4.35. The molecule has 14 heavy (non-hydrogen) atoms. The van der Waals surface area contributed by atoms with Crippen molar-refractivity contribution in [2.45, 2.75) is 24.2 Å². The summed E-state index contributed by atoms with van der Waals surface area (Å²) < 4.78 is 35.2. The molecule has 0 aliphatic heterocycles. The number of halogens is 3. The maximum Gasteiger partial charge on any atom is 0.389 e. The second kappa shape index (κ2) is 4.54. The van der Waals surface area contributed by atoms with Crippen molar-refractivity contribution < 1.29 is 13.2 Å². The molecule has 0 aliphatic carbocycles. The zero-order valence-corrected chi connectivity index (χ0v) is 7.95. The van der Waals surface area contributed by atoms with Gasteiger partial charge in [-0.1, -0.05) is 11.8 Å². The molecule has 0 bridgehead atoms. The number of nitrogens with zero attached hydrogens (tertiary/aromatic N) is 2. The Balaban J connectivity index is 2.16. The number of rotatable bonds is 4. The number of H-pyrrole nitrogens is 1. The van der Waals surface area contributed by atoms with Crippen LogP contribution in [-0.4, -0.2) is 27.1 Å². The molecule has 3 N–H and O–H groups in total. The number of nitrogen functional groups attached to an aromatic ring is 1. The molecule has 0 spiro atoms.